The number of nitrogens with zero attached hydrogens (tertiary/aromatic N) is 1. The number of aliphatic hydroxyl groups is 1. The van der Waals surface area contributed by atoms with Crippen LogP contribution in [0.4, 0.5) is 4.39 Å². The average molecular weight is 202 g/mol. The molecular formula is C10H19FN2O. The van der Waals surface area contributed by atoms with E-state index in [1.54, 1.807) is 0 Å². The minimum absolute atomic E-state index is 0.203. The quantitative estimate of drug-likeness (QED) is 0.669. The Balaban J connectivity index is 1.74. The largest absolute Gasteiger partial charge is 0.392 e. The molecule has 0 aliphatic carbocycles. The van der Waals surface area contributed by atoms with Crippen LogP contribution in [0.1, 0.15) is 19.3 Å². The Kier molecular flexibility index (Phi) is 3.36. The maximum absolute atomic E-state index is 13.1. The van der Waals surface area contributed by atoms with Crippen LogP contribution in [0.3, 0.4) is 0 Å². The first-order valence-electron chi connectivity index (χ1n) is 5.52. The van der Waals surface area contributed by atoms with Gasteiger partial charge in [0.1, 0.15) is 6.17 Å². The number of halogens is 1. The Labute approximate surface area is 84.3 Å². The molecule has 0 aromatic rings. The van der Waals surface area contributed by atoms with Crippen LogP contribution in [0.15, 0.2) is 0 Å². The zero-order valence-electron chi connectivity index (χ0n) is 8.45. The number of likely N-dealkylation sites (tertiary alicyclic amines) is 1. The number of β-amino-alcohol motifs (C(OH)–C–C–N with tert-alkyl or cyclic N) is 1. The third kappa shape index (κ3) is 2.65. The van der Waals surface area contributed by atoms with Gasteiger partial charge in [-0.1, -0.05) is 0 Å². The second-order valence-electron chi connectivity index (χ2n) is 4.49. The summed E-state index contributed by atoms with van der Waals surface area (Å²) in [6.45, 7) is 3.16. The van der Waals surface area contributed by atoms with Crippen LogP contribution < -0.4 is 5.32 Å². The lowest BCUT2D eigenvalue weighted by Crippen LogP contribution is -2.43. The minimum atomic E-state index is -0.643. The van der Waals surface area contributed by atoms with Crippen LogP contribution in [-0.2, 0) is 0 Å². The lowest BCUT2D eigenvalue weighted by atomic mass is 10.1. The molecule has 0 aromatic carbocycles. The summed E-state index contributed by atoms with van der Waals surface area (Å²) in [6, 6.07) is 0.357. The smallest absolute Gasteiger partial charge is 0.113 e. The van der Waals surface area contributed by atoms with Gasteiger partial charge in [-0.25, -0.2) is 4.39 Å². The van der Waals surface area contributed by atoms with E-state index in [1.807, 2.05) is 0 Å². The predicted molar refractivity (Wildman–Crippen MR) is 53.0 cm³/mol. The third-order valence-electron chi connectivity index (χ3n) is 3.13. The van der Waals surface area contributed by atoms with Crippen LogP contribution in [0.25, 0.3) is 0 Å². The van der Waals surface area contributed by atoms with Gasteiger partial charge >= 0.3 is 0 Å². The van der Waals surface area contributed by atoms with Crippen molar-refractivity contribution in [2.45, 2.75) is 37.6 Å². The van der Waals surface area contributed by atoms with Gasteiger partial charge in [0.2, 0.25) is 0 Å². The molecule has 0 radical (unpaired) electrons. The molecule has 2 aliphatic rings. The number of aliphatic hydroxyl groups excluding tert-OH is 1. The number of piperidine rings is 1. The molecule has 3 unspecified atom stereocenters. The predicted octanol–water partition coefficient (Wildman–Crippen LogP) is 0.143. The van der Waals surface area contributed by atoms with E-state index in [4.69, 9.17) is 0 Å². The Morgan fingerprint density at radius 2 is 2.36 bits per heavy atom. The molecule has 4 heteroatoms. The van der Waals surface area contributed by atoms with Crippen molar-refractivity contribution in [3.05, 3.63) is 0 Å². The first-order chi connectivity index (χ1) is 6.74. The molecule has 3 atom stereocenters. The topological polar surface area (TPSA) is 35.5 Å². The highest BCUT2D eigenvalue weighted by Crippen LogP contribution is 2.15. The van der Waals surface area contributed by atoms with Crippen molar-refractivity contribution in [1.82, 2.24) is 10.2 Å². The van der Waals surface area contributed by atoms with E-state index in [9.17, 15) is 9.50 Å². The molecule has 82 valence electrons. The van der Waals surface area contributed by atoms with Gasteiger partial charge in [-0.3, -0.25) is 4.90 Å². The summed E-state index contributed by atoms with van der Waals surface area (Å²) >= 11 is 0. The second kappa shape index (κ2) is 4.55. The summed E-state index contributed by atoms with van der Waals surface area (Å²) in [5, 5.41) is 12.6. The molecule has 2 rings (SSSR count). The van der Waals surface area contributed by atoms with Gasteiger partial charge in [0.15, 0.2) is 0 Å². The van der Waals surface area contributed by atoms with E-state index in [0.717, 1.165) is 32.4 Å². The monoisotopic (exact) mass is 202 g/mol. The van der Waals surface area contributed by atoms with Crippen molar-refractivity contribution in [2.24, 2.45) is 0 Å². The van der Waals surface area contributed by atoms with Crippen LogP contribution in [0.2, 0.25) is 0 Å². The van der Waals surface area contributed by atoms with Gasteiger partial charge in [0.25, 0.3) is 0 Å². The first kappa shape index (κ1) is 10.3. The minimum Gasteiger partial charge on any atom is -0.392 e. The van der Waals surface area contributed by atoms with Gasteiger partial charge in [0.05, 0.1) is 6.10 Å². The number of rotatable bonds is 2. The molecule has 0 bridgehead atoms. The molecular weight excluding hydrogens is 183 g/mol. The van der Waals surface area contributed by atoms with Crippen molar-refractivity contribution >= 4 is 0 Å². The summed E-state index contributed by atoms with van der Waals surface area (Å²) in [5.41, 5.74) is 0. The van der Waals surface area contributed by atoms with Crippen molar-refractivity contribution in [2.75, 3.05) is 26.2 Å². The van der Waals surface area contributed by atoms with E-state index in [2.05, 4.69) is 10.2 Å². The maximum atomic E-state index is 13.1. The fraction of sp³-hybridized carbons (Fsp3) is 1.00. The molecule has 2 N–H and O–H groups in total. The summed E-state index contributed by atoms with van der Waals surface area (Å²) in [4.78, 5) is 2.17. The van der Waals surface area contributed by atoms with Crippen LogP contribution in [0.5, 0.6) is 0 Å². The summed E-state index contributed by atoms with van der Waals surface area (Å²) in [7, 11) is 0. The molecule has 14 heavy (non-hydrogen) atoms. The lowest BCUT2D eigenvalue weighted by molar-refractivity contribution is 0.127. The number of nitrogens with one attached hydrogen (secondary N) is 1. The Morgan fingerprint density at radius 3 is 3.00 bits per heavy atom. The Bertz CT molecular complexity index is 191. The molecule has 0 amide bonds. The molecule has 2 fully saturated rings. The third-order valence-corrected chi connectivity index (χ3v) is 3.13. The molecule has 0 aromatic heterocycles. The Hall–Kier alpha value is -0.190. The molecule has 0 saturated carbocycles. The first-order valence-corrected chi connectivity index (χ1v) is 5.52. The van der Waals surface area contributed by atoms with E-state index in [0.29, 0.717) is 19.1 Å². The highest BCUT2D eigenvalue weighted by atomic mass is 19.1. The van der Waals surface area contributed by atoms with Crippen LogP contribution >= 0.6 is 0 Å². The van der Waals surface area contributed by atoms with Gasteiger partial charge in [-0.05, 0) is 25.8 Å². The highest BCUT2D eigenvalue weighted by Gasteiger charge is 2.26. The standard InChI is InChI=1S/C10H19FN2O/c11-8-2-1-3-13(6-8)7-9-4-10(14)5-12-9/h8-10,12,14H,1-7H2. The van der Waals surface area contributed by atoms with Crippen molar-refractivity contribution in [3.63, 3.8) is 0 Å². The van der Waals surface area contributed by atoms with Gasteiger partial charge in [0, 0.05) is 25.7 Å². The van der Waals surface area contributed by atoms with Gasteiger partial charge in [-0.15, -0.1) is 0 Å². The summed E-state index contributed by atoms with van der Waals surface area (Å²) in [6.07, 6.45) is 1.65. The van der Waals surface area contributed by atoms with E-state index >= 15 is 0 Å². The number of hydrogen-bond donors (Lipinski definition) is 2. The number of alkyl halides is 1. The van der Waals surface area contributed by atoms with Gasteiger partial charge in [-0.2, -0.15) is 0 Å². The fourth-order valence-electron chi connectivity index (χ4n) is 2.41. The average Bonchev–Trinajstić information content (AvgIpc) is 2.51. The highest BCUT2D eigenvalue weighted by molar-refractivity contribution is 4.85. The molecule has 2 heterocycles. The molecule has 2 aliphatic heterocycles. The van der Waals surface area contributed by atoms with E-state index in [-0.39, 0.29) is 6.10 Å². The second-order valence-corrected chi connectivity index (χ2v) is 4.49. The zero-order chi connectivity index (χ0) is 9.97. The summed E-state index contributed by atoms with van der Waals surface area (Å²) in [5.74, 6) is 0. The molecule has 3 nitrogen and oxygen atoms in total. The number of hydrogen-bond acceptors (Lipinski definition) is 3. The summed E-state index contributed by atoms with van der Waals surface area (Å²) < 4.78 is 13.1. The Morgan fingerprint density at radius 1 is 1.50 bits per heavy atom. The van der Waals surface area contributed by atoms with Crippen molar-refractivity contribution < 1.29 is 9.50 Å². The fourth-order valence-corrected chi connectivity index (χ4v) is 2.41. The molecule has 0 spiro atoms. The maximum Gasteiger partial charge on any atom is 0.113 e. The van der Waals surface area contributed by atoms with E-state index < -0.39 is 6.17 Å². The normalized spacial score (nSPS) is 40.3. The van der Waals surface area contributed by atoms with Crippen molar-refractivity contribution in [3.8, 4) is 0 Å². The lowest BCUT2D eigenvalue weighted by Gasteiger charge is -2.30. The molecule has 2 saturated heterocycles. The SMILES string of the molecule is OC1CNC(CN2CCCC(F)C2)C1. The van der Waals surface area contributed by atoms with Crippen LogP contribution in [-0.4, -0.2) is 54.5 Å². The zero-order valence-corrected chi connectivity index (χ0v) is 8.45. The van der Waals surface area contributed by atoms with E-state index in [1.165, 1.54) is 0 Å². The van der Waals surface area contributed by atoms with Crippen molar-refractivity contribution in [1.29, 1.82) is 0 Å². The van der Waals surface area contributed by atoms with Gasteiger partial charge < -0.3 is 10.4 Å². The van der Waals surface area contributed by atoms with Crippen LogP contribution in [0, 0.1) is 0 Å².